The molecule has 0 spiro atoms. The van der Waals surface area contributed by atoms with Crippen LogP contribution in [0.5, 0.6) is 0 Å². The maximum atomic E-state index is 13.0. The van der Waals surface area contributed by atoms with Gasteiger partial charge in [-0.25, -0.2) is 0 Å². The number of morpholine rings is 1. The predicted octanol–water partition coefficient (Wildman–Crippen LogP) is 2.52. The predicted molar refractivity (Wildman–Crippen MR) is 121 cm³/mol. The van der Waals surface area contributed by atoms with Gasteiger partial charge in [0.25, 0.3) is 5.91 Å². The maximum absolute atomic E-state index is 13.0. The van der Waals surface area contributed by atoms with Crippen LogP contribution in [-0.4, -0.2) is 54.3 Å². The Morgan fingerprint density at radius 2 is 2.03 bits per heavy atom. The van der Waals surface area contributed by atoms with Crippen LogP contribution in [0.3, 0.4) is 0 Å². The molecule has 3 fully saturated rings. The third-order valence-electron chi connectivity index (χ3n) is 6.58. The second-order valence-corrected chi connectivity index (χ2v) is 8.80. The molecule has 5 atom stereocenters. The van der Waals surface area contributed by atoms with Gasteiger partial charge in [0.05, 0.1) is 23.7 Å². The summed E-state index contributed by atoms with van der Waals surface area (Å²) in [6.45, 7) is 3.18. The van der Waals surface area contributed by atoms with Crippen LogP contribution < -0.4 is 15.5 Å². The Hall–Kier alpha value is -2.40. The molecule has 3 aliphatic heterocycles. The van der Waals surface area contributed by atoms with E-state index in [1.54, 1.807) is 6.20 Å². The summed E-state index contributed by atoms with van der Waals surface area (Å²) in [6, 6.07) is 11.2. The Balaban J connectivity index is 0.00000231. The number of nitriles is 1. The standard InChI is InChI=1S/C23H27N5O2.ClH/c1-14-12-28(20-7-4-15(11-24)22-19(20)3-2-8-25-22)13-21(30-14)23(29)27-18-9-16-5-6-17(10-18)26-16;/h2-4,7-8,14,16-18,21,26H,5-6,9-10,12-13H2,1H3,(H,27,29);1H/t14-,16-,17+,18+,21-;/m1./s1. The fraction of sp³-hybridized carbons (Fsp3) is 0.522. The number of amides is 1. The fourth-order valence-electron chi connectivity index (χ4n) is 5.29. The minimum atomic E-state index is -0.511. The van der Waals surface area contributed by atoms with Crippen LogP contribution in [0.1, 0.15) is 38.2 Å². The summed E-state index contributed by atoms with van der Waals surface area (Å²) in [5.74, 6) is -0.0195. The number of anilines is 1. The van der Waals surface area contributed by atoms with E-state index in [0.29, 0.717) is 36.3 Å². The molecule has 31 heavy (non-hydrogen) atoms. The number of nitrogens with zero attached hydrogens (tertiary/aromatic N) is 3. The first kappa shape index (κ1) is 21.8. The third kappa shape index (κ3) is 4.33. The van der Waals surface area contributed by atoms with Crippen LogP contribution in [0.4, 0.5) is 5.69 Å². The summed E-state index contributed by atoms with van der Waals surface area (Å²) in [7, 11) is 0. The number of pyridine rings is 1. The summed E-state index contributed by atoms with van der Waals surface area (Å²) in [5.41, 5.74) is 2.25. The molecule has 4 heterocycles. The van der Waals surface area contributed by atoms with Gasteiger partial charge in [0, 0.05) is 41.9 Å². The van der Waals surface area contributed by atoms with Crippen LogP contribution in [0.2, 0.25) is 0 Å². The van der Waals surface area contributed by atoms with Gasteiger partial charge in [0.15, 0.2) is 6.10 Å². The van der Waals surface area contributed by atoms with Crippen molar-refractivity contribution in [3.63, 3.8) is 0 Å². The first-order chi connectivity index (χ1) is 14.6. The molecule has 2 aromatic rings. The topological polar surface area (TPSA) is 90.3 Å². The number of piperidine rings is 1. The Bertz CT molecular complexity index is 997. The van der Waals surface area contributed by atoms with Gasteiger partial charge < -0.3 is 20.3 Å². The van der Waals surface area contributed by atoms with Gasteiger partial charge in [-0.3, -0.25) is 9.78 Å². The van der Waals surface area contributed by atoms with Gasteiger partial charge in [-0.2, -0.15) is 5.26 Å². The lowest BCUT2D eigenvalue weighted by atomic mass is 9.99. The zero-order valence-electron chi connectivity index (χ0n) is 17.6. The number of aromatic nitrogens is 1. The number of ether oxygens (including phenoxy) is 1. The largest absolute Gasteiger partial charge is 0.365 e. The van der Waals surface area contributed by atoms with E-state index in [2.05, 4.69) is 26.6 Å². The maximum Gasteiger partial charge on any atom is 0.251 e. The molecular formula is C23H28ClN5O2. The van der Waals surface area contributed by atoms with Crippen molar-refractivity contribution in [1.29, 1.82) is 5.26 Å². The molecule has 3 saturated heterocycles. The minimum absolute atomic E-state index is 0. The lowest BCUT2D eigenvalue weighted by molar-refractivity contribution is -0.138. The molecule has 1 aromatic carbocycles. The van der Waals surface area contributed by atoms with E-state index in [0.717, 1.165) is 23.9 Å². The van der Waals surface area contributed by atoms with Crippen molar-refractivity contribution in [2.75, 3.05) is 18.0 Å². The van der Waals surface area contributed by atoms with Crippen LogP contribution >= 0.6 is 12.4 Å². The van der Waals surface area contributed by atoms with Crippen molar-refractivity contribution in [3.8, 4) is 6.07 Å². The summed E-state index contributed by atoms with van der Waals surface area (Å²) < 4.78 is 6.03. The number of fused-ring (bicyclic) bond motifs is 3. The Morgan fingerprint density at radius 1 is 1.26 bits per heavy atom. The molecule has 2 bridgehead atoms. The third-order valence-corrected chi connectivity index (χ3v) is 6.58. The number of rotatable bonds is 3. The molecule has 7 nitrogen and oxygen atoms in total. The molecule has 0 saturated carbocycles. The average Bonchev–Trinajstić information content (AvgIpc) is 3.10. The Kier molecular flexibility index (Phi) is 6.33. The zero-order chi connectivity index (χ0) is 20.7. The molecule has 0 unspecified atom stereocenters. The molecule has 3 aliphatic rings. The molecule has 1 amide bonds. The van der Waals surface area contributed by atoms with Gasteiger partial charge in [-0.1, -0.05) is 0 Å². The summed E-state index contributed by atoms with van der Waals surface area (Å²) in [6.07, 6.45) is 5.55. The summed E-state index contributed by atoms with van der Waals surface area (Å²) >= 11 is 0. The summed E-state index contributed by atoms with van der Waals surface area (Å²) in [4.78, 5) is 19.7. The van der Waals surface area contributed by atoms with Crippen molar-refractivity contribution < 1.29 is 9.53 Å². The first-order valence-corrected chi connectivity index (χ1v) is 10.9. The number of benzene rings is 1. The molecule has 2 N–H and O–H groups in total. The highest BCUT2D eigenvalue weighted by Crippen LogP contribution is 2.31. The van der Waals surface area contributed by atoms with E-state index in [9.17, 15) is 10.1 Å². The molecule has 0 radical (unpaired) electrons. The molecule has 164 valence electrons. The van der Waals surface area contributed by atoms with E-state index in [-0.39, 0.29) is 30.5 Å². The van der Waals surface area contributed by atoms with Crippen molar-refractivity contribution in [2.24, 2.45) is 0 Å². The second-order valence-electron chi connectivity index (χ2n) is 8.80. The van der Waals surface area contributed by atoms with Crippen LogP contribution in [0, 0.1) is 11.3 Å². The molecule has 0 aliphatic carbocycles. The zero-order valence-corrected chi connectivity index (χ0v) is 18.4. The molecular weight excluding hydrogens is 414 g/mol. The average molecular weight is 442 g/mol. The van der Waals surface area contributed by atoms with E-state index in [1.165, 1.54) is 12.8 Å². The van der Waals surface area contributed by atoms with Gasteiger partial charge in [0.1, 0.15) is 6.07 Å². The smallest absolute Gasteiger partial charge is 0.251 e. The second kappa shape index (κ2) is 8.99. The molecule has 8 heteroatoms. The molecule has 1 aromatic heterocycles. The van der Waals surface area contributed by atoms with E-state index in [1.807, 2.05) is 31.2 Å². The normalized spacial score (nSPS) is 29.8. The minimum Gasteiger partial charge on any atom is -0.365 e. The number of nitrogens with one attached hydrogen (secondary N) is 2. The van der Waals surface area contributed by atoms with Crippen LogP contribution in [-0.2, 0) is 9.53 Å². The number of hydrogen-bond donors (Lipinski definition) is 2. The van der Waals surface area contributed by atoms with Crippen LogP contribution in [0.25, 0.3) is 10.9 Å². The van der Waals surface area contributed by atoms with E-state index < -0.39 is 6.10 Å². The fourth-order valence-corrected chi connectivity index (χ4v) is 5.29. The number of carbonyl (C=O) groups is 1. The molecule has 5 rings (SSSR count). The van der Waals surface area contributed by atoms with E-state index >= 15 is 0 Å². The first-order valence-electron chi connectivity index (χ1n) is 10.9. The lowest BCUT2D eigenvalue weighted by Gasteiger charge is -2.39. The highest BCUT2D eigenvalue weighted by atomic mass is 35.5. The van der Waals surface area contributed by atoms with Crippen LogP contribution in [0.15, 0.2) is 30.5 Å². The monoisotopic (exact) mass is 441 g/mol. The number of halogens is 1. The Morgan fingerprint density at radius 3 is 2.77 bits per heavy atom. The van der Waals surface area contributed by atoms with Crippen molar-refractivity contribution in [2.45, 2.75) is 62.9 Å². The number of hydrogen-bond acceptors (Lipinski definition) is 6. The van der Waals surface area contributed by atoms with Gasteiger partial charge in [-0.15, -0.1) is 12.4 Å². The SMILES string of the molecule is C[C@@H]1CN(c2ccc(C#N)c3ncccc23)C[C@H](C(=O)N[C@H]2C[C@H]3CC[C@@H](C2)N3)O1.Cl. The van der Waals surface area contributed by atoms with E-state index in [4.69, 9.17) is 4.74 Å². The van der Waals surface area contributed by atoms with Crippen molar-refractivity contribution >= 4 is 34.9 Å². The quantitative estimate of drug-likeness (QED) is 0.760. The highest BCUT2D eigenvalue weighted by Gasteiger charge is 2.37. The summed E-state index contributed by atoms with van der Waals surface area (Å²) in [5, 5.41) is 17.2. The highest BCUT2D eigenvalue weighted by molar-refractivity contribution is 5.95. The Labute approximate surface area is 188 Å². The van der Waals surface area contributed by atoms with Gasteiger partial charge >= 0.3 is 0 Å². The van der Waals surface area contributed by atoms with Crippen molar-refractivity contribution in [1.82, 2.24) is 15.6 Å². The lowest BCUT2D eigenvalue weighted by Crippen LogP contribution is -2.56. The van der Waals surface area contributed by atoms with Gasteiger partial charge in [0.2, 0.25) is 0 Å². The van der Waals surface area contributed by atoms with Gasteiger partial charge in [-0.05, 0) is 56.9 Å². The van der Waals surface area contributed by atoms with Crippen molar-refractivity contribution in [3.05, 3.63) is 36.0 Å². The number of carbonyl (C=O) groups excluding carboxylic acids is 1.